The van der Waals surface area contributed by atoms with Crippen LogP contribution in [0.4, 0.5) is 0 Å². The maximum Gasteiger partial charge on any atom is 0.305 e. The monoisotopic (exact) mass is 390 g/mol. The van der Waals surface area contributed by atoms with E-state index >= 15 is 0 Å². The van der Waals surface area contributed by atoms with Crippen LogP contribution in [0.25, 0.3) is 21.7 Å². The largest absolute Gasteiger partial charge is 0.451 e. The Kier molecular flexibility index (Phi) is 4.59. The van der Waals surface area contributed by atoms with Gasteiger partial charge in [-0.15, -0.1) is 0 Å². The van der Waals surface area contributed by atoms with E-state index in [0.717, 1.165) is 5.39 Å². The maximum atomic E-state index is 12.4. The number of amides is 2. The van der Waals surface area contributed by atoms with Crippen molar-refractivity contribution < 1.29 is 14.0 Å². The number of hydrazine groups is 1. The van der Waals surface area contributed by atoms with Crippen LogP contribution in [0.5, 0.6) is 0 Å². The van der Waals surface area contributed by atoms with Crippen LogP contribution in [0, 0.1) is 6.92 Å². The number of para-hydroxylation sites is 1. The van der Waals surface area contributed by atoms with Gasteiger partial charge in [-0.1, -0.05) is 36.4 Å². The van der Waals surface area contributed by atoms with Gasteiger partial charge in [0, 0.05) is 23.4 Å². The molecule has 0 aliphatic carbocycles. The number of benzene rings is 2. The third-order valence-electron chi connectivity index (χ3n) is 4.73. The van der Waals surface area contributed by atoms with Gasteiger partial charge in [-0.3, -0.25) is 25.2 Å². The fourth-order valence-electron chi connectivity index (χ4n) is 3.28. The molecule has 4 aromatic rings. The van der Waals surface area contributed by atoms with Gasteiger partial charge in [0.25, 0.3) is 5.56 Å². The van der Waals surface area contributed by atoms with Crippen molar-refractivity contribution in [2.24, 2.45) is 7.05 Å². The van der Waals surface area contributed by atoms with Crippen molar-refractivity contribution in [3.63, 3.8) is 0 Å². The van der Waals surface area contributed by atoms with Crippen LogP contribution >= 0.6 is 0 Å². The van der Waals surface area contributed by atoms with Gasteiger partial charge in [0.2, 0.25) is 5.91 Å². The lowest BCUT2D eigenvalue weighted by Crippen LogP contribution is -2.42. The van der Waals surface area contributed by atoms with Crippen LogP contribution in [-0.4, -0.2) is 21.6 Å². The van der Waals surface area contributed by atoms with Gasteiger partial charge < -0.3 is 4.42 Å². The molecule has 2 heterocycles. The van der Waals surface area contributed by atoms with Crippen LogP contribution in [0.1, 0.15) is 21.8 Å². The fraction of sp³-hybridized carbons (Fsp3) is 0.143. The Morgan fingerprint density at radius 2 is 1.66 bits per heavy atom. The molecule has 0 saturated heterocycles. The Hall–Kier alpha value is -3.94. The van der Waals surface area contributed by atoms with Gasteiger partial charge in [0.1, 0.15) is 5.58 Å². The lowest BCUT2D eigenvalue weighted by molar-refractivity contribution is -0.121. The smallest absolute Gasteiger partial charge is 0.305 e. The standard InChI is InChI=1S/C21H18N4O4/c1-12-13-7-5-6-10-17(13)29-19(12)20(27)23-22-18(26)11-16-14-8-3-4-9-15(14)21(28)25(2)24-16/h3-10H,11H2,1-2H3,(H,22,26)(H,23,27). The van der Waals surface area contributed by atoms with E-state index < -0.39 is 11.8 Å². The summed E-state index contributed by atoms with van der Waals surface area (Å²) < 4.78 is 6.78. The highest BCUT2D eigenvalue weighted by Crippen LogP contribution is 2.24. The number of rotatable bonds is 3. The first-order valence-corrected chi connectivity index (χ1v) is 8.98. The molecular formula is C21H18N4O4. The third kappa shape index (κ3) is 3.36. The molecule has 0 aliphatic rings. The molecule has 0 unspecified atom stereocenters. The highest BCUT2D eigenvalue weighted by molar-refractivity contribution is 5.99. The molecule has 4 rings (SSSR count). The number of carbonyl (C=O) groups excluding carboxylic acids is 2. The molecular weight excluding hydrogens is 372 g/mol. The zero-order chi connectivity index (χ0) is 20.5. The van der Waals surface area contributed by atoms with Gasteiger partial charge >= 0.3 is 5.91 Å². The summed E-state index contributed by atoms with van der Waals surface area (Å²) in [5.74, 6) is -0.883. The van der Waals surface area contributed by atoms with Gasteiger partial charge in [0.15, 0.2) is 5.76 Å². The Morgan fingerprint density at radius 1 is 1.00 bits per heavy atom. The average molecular weight is 390 g/mol. The SMILES string of the molecule is Cc1c(C(=O)NNC(=O)Cc2nn(C)c(=O)c3ccccc23)oc2ccccc12. The normalized spacial score (nSPS) is 11.0. The number of nitrogens with zero attached hydrogens (tertiary/aromatic N) is 2. The van der Waals surface area contributed by atoms with Crippen molar-refractivity contribution >= 4 is 33.6 Å². The number of fused-ring (bicyclic) bond motifs is 2. The van der Waals surface area contributed by atoms with E-state index in [2.05, 4.69) is 16.0 Å². The van der Waals surface area contributed by atoms with Gasteiger partial charge in [-0.25, -0.2) is 4.68 Å². The van der Waals surface area contributed by atoms with Crippen molar-refractivity contribution in [3.8, 4) is 0 Å². The summed E-state index contributed by atoms with van der Waals surface area (Å²) in [6.07, 6.45) is -0.103. The second-order valence-corrected chi connectivity index (χ2v) is 6.65. The Balaban J connectivity index is 1.50. The zero-order valence-corrected chi connectivity index (χ0v) is 15.9. The molecule has 0 atom stereocenters. The molecule has 8 heteroatoms. The quantitative estimate of drug-likeness (QED) is 0.521. The molecule has 2 aromatic carbocycles. The number of carbonyl (C=O) groups is 2. The third-order valence-corrected chi connectivity index (χ3v) is 4.73. The van der Waals surface area contributed by atoms with Crippen molar-refractivity contribution in [3.05, 3.63) is 75.9 Å². The molecule has 2 aromatic heterocycles. The predicted octanol–water partition coefficient (Wildman–Crippen LogP) is 1.99. The van der Waals surface area contributed by atoms with E-state index in [0.29, 0.717) is 27.6 Å². The minimum absolute atomic E-state index is 0.103. The van der Waals surface area contributed by atoms with Gasteiger partial charge in [-0.05, 0) is 19.1 Å². The Bertz CT molecular complexity index is 1320. The second-order valence-electron chi connectivity index (χ2n) is 6.65. The summed E-state index contributed by atoms with van der Waals surface area (Å²) in [6.45, 7) is 1.78. The molecule has 0 spiro atoms. The molecule has 0 fully saturated rings. The van der Waals surface area contributed by atoms with E-state index in [9.17, 15) is 14.4 Å². The Labute approximate surface area is 165 Å². The summed E-state index contributed by atoms with van der Waals surface area (Å²) in [5, 5.41) is 6.10. The van der Waals surface area contributed by atoms with Crippen LogP contribution in [0.15, 0.2) is 57.7 Å². The van der Waals surface area contributed by atoms with Crippen LogP contribution in [-0.2, 0) is 18.3 Å². The van der Waals surface area contributed by atoms with E-state index in [1.165, 1.54) is 11.7 Å². The van der Waals surface area contributed by atoms with Crippen LogP contribution < -0.4 is 16.4 Å². The van der Waals surface area contributed by atoms with E-state index in [1.807, 2.05) is 18.2 Å². The van der Waals surface area contributed by atoms with E-state index in [1.54, 1.807) is 37.3 Å². The number of furan rings is 1. The van der Waals surface area contributed by atoms with Crippen LogP contribution in [0.2, 0.25) is 0 Å². The molecule has 2 amide bonds. The molecule has 0 saturated carbocycles. The topological polar surface area (TPSA) is 106 Å². The molecule has 146 valence electrons. The van der Waals surface area contributed by atoms with Crippen LogP contribution in [0.3, 0.4) is 0 Å². The molecule has 8 nitrogen and oxygen atoms in total. The first-order chi connectivity index (χ1) is 14.0. The van der Waals surface area contributed by atoms with Gasteiger partial charge in [0.05, 0.1) is 17.5 Å². The summed E-state index contributed by atoms with van der Waals surface area (Å²) >= 11 is 0. The lowest BCUT2D eigenvalue weighted by atomic mass is 10.1. The minimum Gasteiger partial charge on any atom is -0.451 e. The number of aryl methyl sites for hydroxylation is 2. The Morgan fingerprint density at radius 3 is 2.38 bits per heavy atom. The summed E-state index contributed by atoms with van der Waals surface area (Å²) in [4.78, 5) is 37.0. The zero-order valence-electron chi connectivity index (χ0n) is 15.9. The molecule has 0 bridgehead atoms. The molecule has 29 heavy (non-hydrogen) atoms. The minimum atomic E-state index is -0.551. The second kappa shape index (κ2) is 7.23. The summed E-state index contributed by atoms with van der Waals surface area (Å²) in [6, 6.07) is 14.3. The predicted molar refractivity (Wildman–Crippen MR) is 107 cm³/mol. The summed E-state index contributed by atoms with van der Waals surface area (Å²) in [7, 11) is 1.53. The van der Waals surface area contributed by atoms with Crippen molar-refractivity contribution in [1.29, 1.82) is 0 Å². The number of nitrogens with one attached hydrogen (secondary N) is 2. The van der Waals surface area contributed by atoms with Crippen molar-refractivity contribution in [1.82, 2.24) is 20.6 Å². The van der Waals surface area contributed by atoms with E-state index in [4.69, 9.17) is 4.42 Å². The van der Waals surface area contributed by atoms with Gasteiger partial charge in [-0.2, -0.15) is 5.10 Å². The average Bonchev–Trinajstić information content (AvgIpc) is 3.07. The van der Waals surface area contributed by atoms with E-state index in [-0.39, 0.29) is 17.7 Å². The molecule has 0 aliphatic heterocycles. The highest BCUT2D eigenvalue weighted by atomic mass is 16.3. The van der Waals surface area contributed by atoms with Crippen molar-refractivity contribution in [2.75, 3.05) is 0 Å². The number of aromatic nitrogens is 2. The molecule has 0 radical (unpaired) electrons. The first kappa shape index (κ1) is 18.4. The van der Waals surface area contributed by atoms with Crippen molar-refractivity contribution in [2.45, 2.75) is 13.3 Å². The molecule has 2 N–H and O–H groups in total. The number of hydrogen-bond donors (Lipinski definition) is 2. The lowest BCUT2D eigenvalue weighted by Gasteiger charge is -2.09. The highest BCUT2D eigenvalue weighted by Gasteiger charge is 2.18. The maximum absolute atomic E-state index is 12.4. The fourth-order valence-corrected chi connectivity index (χ4v) is 3.28. The number of hydrogen-bond acceptors (Lipinski definition) is 5. The first-order valence-electron chi connectivity index (χ1n) is 8.98. The summed E-state index contributed by atoms with van der Waals surface area (Å²) in [5.41, 5.74) is 6.23.